The number of benzene rings is 2. The summed E-state index contributed by atoms with van der Waals surface area (Å²) >= 11 is 3.47. The van der Waals surface area contributed by atoms with Crippen LogP contribution in [0.5, 0.6) is 0 Å². The van der Waals surface area contributed by atoms with Crippen molar-refractivity contribution in [3.8, 4) is 0 Å². The fourth-order valence-corrected chi connectivity index (χ4v) is 4.93. The molecule has 8 nitrogen and oxygen atoms in total. The molecule has 1 aliphatic rings. The first-order chi connectivity index (χ1) is 17.8. The largest absolute Gasteiger partial charge is 0.469 e. The Kier molecular flexibility index (Phi) is 8.23. The summed E-state index contributed by atoms with van der Waals surface area (Å²) in [5.74, 6) is -1.65. The van der Waals surface area contributed by atoms with E-state index in [0.29, 0.717) is 30.5 Å². The van der Waals surface area contributed by atoms with Crippen molar-refractivity contribution >= 4 is 50.4 Å². The van der Waals surface area contributed by atoms with E-state index in [-0.39, 0.29) is 36.6 Å². The lowest BCUT2D eigenvalue weighted by molar-refractivity contribution is -0.145. The summed E-state index contributed by atoms with van der Waals surface area (Å²) in [6.45, 7) is 4.37. The summed E-state index contributed by atoms with van der Waals surface area (Å²) in [5, 5.41) is 3.62. The monoisotopic (exact) mass is 565 g/mol. The number of ether oxygens (including phenoxy) is 1. The average Bonchev–Trinajstić information content (AvgIpc) is 3.22. The van der Waals surface area contributed by atoms with Gasteiger partial charge in [0.25, 0.3) is 0 Å². The van der Waals surface area contributed by atoms with E-state index in [4.69, 9.17) is 4.74 Å². The first kappa shape index (κ1) is 26.3. The van der Waals surface area contributed by atoms with Gasteiger partial charge in [-0.25, -0.2) is 0 Å². The number of Topliss-reactive ketones (excluding diaryl/α,β-unsaturated/α-hetero) is 1. The van der Waals surface area contributed by atoms with Crippen molar-refractivity contribution in [3.63, 3.8) is 0 Å². The SMILES string of the molecule is C=CC(=O)N1CC(NC(=O)Cn2cc(C(=O)C[C@@H](Cc3ccccc3)C(=O)OC)c3cc(Br)ccc32)C1. The second-order valence-electron chi connectivity index (χ2n) is 9.08. The Balaban J connectivity index is 1.51. The lowest BCUT2D eigenvalue weighted by Gasteiger charge is -2.38. The number of amides is 2. The van der Waals surface area contributed by atoms with Gasteiger partial charge in [0.15, 0.2) is 5.78 Å². The van der Waals surface area contributed by atoms with Crippen molar-refractivity contribution in [1.29, 1.82) is 0 Å². The minimum atomic E-state index is -0.631. The Morgan fingerprint density at radius 3 is 2.57 bits per heavy atom. The lowest BCUT2D eigenvalue weighted by Crippen LogP contribution is -2.61. The van der Waals surface area contributed by atoms with Crippen LogP contribution in [0.2, 0.25) is 0 Å². The first-order valence-corrected chi connectivity index (χ1v) is 12.7. The van der Waals surface area contributed by atoms with Gasteiger partial charge < -0.3 is 19.5 Å². The van der Waals surface area contributed by atoms with Gasteiger partial charge in [-0.2, -0.15) is 0 Å². The second-order valence-corrected chi connectivity index (χ2v) is 10.00. The highest BCUT2D eigenvalue weighted by atomic mass is 79.9. The van der Waals surface area contributed by atoms with E-state index in [1.54, 1.807) is 15.7 Å². The summed E-state index contributed by atoms with van der Waals surface area (Å²) in [7, 11) is 1.32. The maximum absolute atomic E-state index is 13.5. The molecule has 0 saturated carbocycles. The molecule has 3 aromatic rings. The number of hydrogen-bond acceptors (Lipinski definition) is 5. The van der Waals surface area contributed by atoms with Crippen LogP contribution < -0.4 is 5.32 Å². The number of carbonyl (C=O) groups excluding carboxylic acids is 4. The summed E-state index contributed by atoms with van der Waals surface area (Å²) in [4.78, 5) is 51.9. The number of esters is 1. The fraction of sp³-hybridized carbons (Fsp3) is 0.286. The molecule has 0 bridgehead atoms. The number of rotatable bonds is 10. The van der Waals surface area contributed by atoms with Gasteiger partial charge in [0.05, 0.1) is 19.1 Å². The third-order valence-corrected chi connectivity index (χ3v) is 6.97. The van der Waals surface area contributed by atoms with Gasteiger partial charge in [0, 0.05) is 46.6 Å². The highest BCUT2D eigenvalue weighted by Gasteiger charge is 2.31. The zero-order valence-corrected chi connectivity index (χ0v) is 22.1. The number of nitrogens with one attached hydrogen (secondary N) is 1. The number of hydrogen-bond donors (Lipinski definition) is 1. The average molecular weight is 566 g/mol. The molecule has 9 heteroatoms. The molecular formula is C28H28BrN3O5. The summed E-state index contributed by atoms with van der Waals surface area (Å²) in [6, 6.07) is 14.9. The normalized spacial score (nSPS) is 14.1. The molecule has 0 radical (unpaired) electrons. The Morgan fingerprint density at radius 2 is 1.89 bits per heavy atom. The van der Waals surface area contributed by atoms with Crippen LogP contribution in [0.15, 0.2) is 71.9 Å². The number of likely N-dealkylation sites (tertiary alicyclic amines) is 1. The van der Waals surface area contributed by atoms with Gasteiger partial charge in [-0.05, 0) is 36.3 Å². The van der Waals surface area contributed by atoms with Gasteiger partial charge in [-0.3, -0.25) is 19.2 Å². The molecule has 0 aliphatic carbocycles. The van der Waals surface area contributed by atoms with E-state index in [9.17, 15) is 19.2 Å². The van der Waals surface area contributed by atoms with Gasteiger partial charge in [-0.1, -0.05) is 52.8 Å². The molecule has 2 heterocycles. The van der Waals surface area contributed by atoms with E-state index in [2.05, 4.69) is 27.8 Å². The third-order valence-electron chi connectivity index (χ3n) is 6.48. The van der Waals surface area contributed by atoms with E-state index in [1.807, 2.05) is 48.5 Å². The first-order valence-electron chi connectivity index (χ1n) is 11.9. The maximum Gasteiger partial charge on any atom is 0.309 e. The number of aromatic nitrogens is 1. The minimum absolute atomic E-state index is 0.0156. The van der Waals surface area contributed by atoms with Crippen LogP contribution in [-0.2, 0) is 32.1 Å². The molecule has 2 aromatic carbocycles. The zero-order valence-electron chi connectivity index (χ0n) is 20.5. The van der Waals surface area contributed by atoms with Gasteiger partial charge in [-0.15, -0.1) is 0 Å². The lowest BCUT2D eigenvalue weighted by atomic mass is 9.92. The Hall–Kier alpha value is -3.72. The third kappa shape index (κ3) is 6.17. The minimum Gasteiger partial charge on any atom is -0.469 e. The van der Waals surface area contributed by atoms with Crippen molar-refractivity contribution in [1.82, 2.24) is 14.8 Å². The molecular weight excluding hydrogens is 538 g/mol. The van der Waals surface area contributed by atoms with Crippen molar-refractivity contribution in [3.05, 3.63) is 83.0 Å². The van der Waals surface area contributed by atoms with E-state index < -0.39 is 11.9 Å². The summed E-state index contributed by atoms with van der Waals surface area (Å²) < 4.78 is 7.52. The quantitative estimate of drug-likeness (QED) is 0.230. The molecule has 1 saturated heterocycles. The molecule has 1 atom stereocenters. The van der Waals surface area contributed by atoms with Crippen molar-refractivity contribution in [2.45, 2.75) is 25.4 Å². The molecule has 1 aromatic heterocycles. The van der Waals surface area contributed by atoms with Crippen molar-refractivity contribution in [2.24, 2.45) is 5.92 Å². The summed E-state index contributed by atoms with van der Waals surface area (Å²) in [6.07, 6.45) is 3.29. The van der Waals surface area contributed by atoms with Crippen LogP contribution in [-0.4, -0.2) is 59.3 Å². The molecule has 1 N–H and O–H groups in total. The number of ketones is 1. The Morgan fingerprint density at radius 1 is 1.16 bits per heavy atom. The molecule has 192 valence electrons. The zero-order chi connectivity index (χ0) is 26.5. The predicted octanol–water partition coefficient (Wildman–Crippen LogP) is 3.52. The molecule has 1 fully saturated rings. The topological polar surface area (TPSA) is 97.7 Å². The van der Waals surface area contributed by atoms with Crippen LogP contribution in [0, 0.1) is 5.92 Å². The Bertz CT molecular complexity index is 1340. The molecule has 37 heavy (non-hydrogen) atoms. The van der Waals surface area contributed by atoms with Crippen LogP contribution in [0.1, 0.15) is 22.3 Å². The van der Waals surface area contributed by atoms with Crippen LogP contribution in [0.3, 0.4) is 0 Å². The number of halogens is 1. The molecule has 0 unspecified atom stereocenters. The standard InChI is InChI=1S/C28H28BrN3O5/c1-3-27(35)32-14-21(15-32)30-26(34)17-31-16-23(22-13-20(29)9-10-24(22)31)25(33)12-19(28(36)37-2)11-18-7-5-4-6-8-18/h3-10,13,16,19,21H,1,11-12,14-15,17H2,2H3,(H,30,34)/t19-/m1/s1. The Labute approximate surface area is 223 Å². The van der Waals surface area contributed by atoms with Crippen molar-refractivity contribution < 1.29 is 23.9 Å². The van der Waals surface area contributed by atoms with E-state index >= 15 is 0 Å². The predicted molar refractivity (Wildman–Crippen MR) is 143 cm³/mol. The number of methoxy groups -OCH3 is 1. The fourth-order valence-electron chi connectivity index (χ4n) is 4.57. The van der Waals surface area contributed by atoms with Gasteiger partial charge in [0.1, 0.15) is 6.54 Å². The highest BCUT2D eigenvalue weighted by Crippen LogP contribution is 2.28. The van der Waals surface area contributed by atoms with Crippen LogP contribution in [0.4, 0.5) is 0 Å². The molecule has 0 spiro atoms. The maximum atomic E-state index is 13.5. The number of fused-ring (bicyclic) bond motifs is 1. The summed E-state index contributed by atoms with van der Waals surface area (Å²) in [5.41, 5.74) is 2.12. The molecule has 4 rings (SSSR count). The second kappa shape index (κ2) is 11.6. The molecule has 1 aliphatic heterocycles. The number of carbonyl (C=O) groups is 4. The van der Waals surface area contributed by atoms with E-state index in [0.717, 1.165) is 15.6 Å². The number of nitrogens with zero attached hydrogens (tertiary/aromatic N) is 2. The van der Waals surface area contributed by atoms with Crippen molar-refractivity contribution in [2.75, 3.05) is 20.2 Å². The smallest absolute Gasteiger partial charge is 0.309 e. The van der Waals surface area contributed by atoms with Crippen LogP contribution in [0.25, 0.3) is 10.9 Å². The van der Waals surface area contributed by atoms with Gasteiger partial charge >= 0.3 is 5.97 Å². The van der Waals surface area contributed by atoms with Gasteiger partial charge in [0.2, 0.25) is 11.8 Å². The van der Waals surface area contributed by atoms with Crippen LogP contribution >= 0.6 is 15.9 Å². The highest BCUT2D eigenvalue weighted by molar-refractivity contribution is 9.10. The van der Waals surface area contributed by atoms with E-state index in [1.165, 1.54) is 13.2 Å². The molecule has 2 amide bonds.